The summed E-state index contributed by atoms with van der Waals surface area (Å²) in [5, 5.41) is 8.67. The quantitative estimate of drug-likeness (QED) is 0.748. The summed E-state index contributed by atoms with van der Waals surface area (Å²) in [6, 6.07) is 0. The maximum absolute atomic E-state index is 12.2. The van der Waals surface area contributed by atoms with E-state index >= 15 is 0 Å². The molecule has 0 aromatic carbocycles. The summed E-state index contributed by atoms with van der Waals surface area (Å²) in [6.45, 7) is -1.24. The largest absolute Gasteiger partial charge is 0.401 e. The van der Waals surface area contributed by atoms with Crippen molar-refractivity contribution in [1.82, 2.24) is 4.90 Å². The molecule has 1 aliphatic heterocycles. The van der Waals surface area contributed by atoms with Crippen molar-refractivity contribution in [2.24, 2.45) is 5.92 Å². The zero-order valence-corrected chi connectivity index (χ0v) is 9.37. The third kappa shape index (κ3) is 5.47. The highest BCUT2D eigenvalue weighted by molar-refractivity contribution is 5.83. The topological polar surface area (TPSA) is 49.8 Å². The highest BCUT2D eigenvalue weighted by atomic mass is 19.4. The van der Waals surface area contributed by atoms with E-state index in [0.717, 1.165) is 4.90 Å². The molecule has 1 rings (SSSR count). The number of ketones is 1. The van der Waals surface area contributed by atoms with E-state index in [1.54, 1.807) is 0 Å². The Morgan fingerprint density at radius 3 is 2.65 bits per heavy atom. The summed E-state index contributed by atoms with van der Waals surface area (Å²) in [6.07, 6.45) is -3.79. The van der Waals surface area contributed by atoms with Gasteiger partial charge in [0.2, 0.25) is 0 Å². The molecule has 1 heterocycles. The number of aliphatic hydroxyl groups excluding tert-OH is 1. The van der Waals surface area contributed by atoms with Crippen LogP contribution in [0.4, 0.5) is 13.2 Å². The minimum absolute atomic E-state index is 0.154. The van der Waals surface area contributed by atoms with Gasteiger partial charge in [0.15, 0.2) is 5.78 Å². The number of ether oxygens (including phenoxy) is 1. The number of nitrogens with zero attached hydrogens (tertiary/aromatic N) is 1. The van der Waals surface area contributed by atoms with Crippen LogP contribution < -0.4 is 0 Å². The van der Waals surface area contributed by atoms with Gasteiger partial charge in [0.05, 0.1) is 26.3 Å². The van der Waals surface area contributed by atoms with Crippen LogP contribution in [0.25, 0.3) is 0 Å². The number of carbonyl (C=O) groups excluding carboxylic acids is 1. The average molecular weight is 255 g/mol. The second kappa shape index (κ2) is 6.32. The van der Waals surface area contributed by atoms with Gasteiger partial charge in [-0.2, -0.15) is 13.2 Å². The lowest BCUT2D eigenvalue weighted by atomic mass is 10.0. The molecule has 0 aromatic heterocycles. The van der Waals surface area contributed by atoms with Crippen molar-refractivity contribution in [3.63, 3.8) is 0 Å². The van der Waals surface area contributed by atoms with Crippen molar-refractivity contribution in [3.8, 4) is 0 Å². The van der Waals surface area contributed by atoms with Crippen molar-refractivity contribution in [1.29, 1.82) is 0 Å². The standard InChI is InChI=1S/C10H16F3NO3/c11-10(12,13)7-14(2-3-15)5-9(16)8-1-4-17-6-8/h8,15H,1-7H2. The van der Waals surface area contributed by atoms with Crippen molar-refractivity contribution >= 4 is 5.78 Å². The normalized spacial score (nSPS) is 21.1. The Labute approximate surface area is 97.3 Å². The molecule has 4 nitrogen and oxygen atoms in total. The smallest absolute Gasteiger partial charge is 0.395 e. The van der Waals surface area contributed by atoms with Crippen molar-refractivity contribution < 1.29 is 27.8 Å². The van der Waals surface area contributed by atoms with Crippen LogP contribution in [0.2, 0.25) is 0 Å². The molecule has 7 heteroatoms. The fraction of sp³-hybridized carbons (Fsp3) is 0.900. The fourth-order valence-electron chi connectivity index (χ4n) is 1.75. The van der Waals surface area contributed by atoms with Crippen molar-refractivity contribution in [3.05, 3.63) is 0 Å². The molecule has 0 saturated carbocycles. The van der Waals surface area contributed by atoms with E-state index in [9.17, 15) is 18.0 Å². The lowest BCUT2D eigenvalue weighted by Gasteiger charge is -2.22. The molecular weight excluding hydrogens is 239 g/mol. The lowest BCUT2D eigenvalue weighted by Crippen LogP contribution is -2.41. The Balaban J connectivity index is 2.44. The highest BCUT2D eigenvalue weighted by Crippen LogP contribution is 2.18. The maximum atomic E-state index is 12.2. The van der Waals surface area contributed by atoms with Crippen molar-refractivity contribution in [2.45, 2.75) is 12.6 Å². The van der Waals surface area contributed by atoms with Gasteiger partial charge in [-0.15, -0.1) is 0 Å². The second-order valence-electron chi connectivity index (χ2n) is 4.08. The van der Waals surface area contributed by atoms with Crippen LogP contribution in [0.3, 0.4) is 0 Å². The van der Waals surface area contributed by atoms with Crippen LogP contribution in [0.5, 0.6) is 0 Å². The summed E-state index contributed by atoms with van der Waals surface area (Å²) in [5.74, 6) is -0.551. The Hall–Kier alpha value is -0.660. The maximum Gasteiger partial charge on any atom is 0.401 e. The molecular formula is C10H16F3NO3. The van der Waals surface area contributed by atoms with E-state index in [1.165, 1.54) is 0 Å². The molecule has 1 saturated heterocycles. The molecule has 0 amide bonds. The Morgan fingerprint density at radius 1 is 1.47 bits per heavy atom. The first-order valence-corrected chi connectivity index (χ1v) is 5.43. The van der Waals surface area contributed by atoms with Gasteiger partial charge in [0.25, 0.3) is 0 Å². The van der Waals surface area contributed by atoms with Crippen LogP contribution >= 0.6 is 0 Å². The molecule has 0 radical (unpaired) electrons. The zero-order valence-electron chi connectivity index (χ0n) is 9.37. The molecule has 100 valence electrons. The highest BCUT2D eigenvalue weighted by Gasteiger charge is 2.32. The number of carbonyl (C=O) groups is 1. The van der Waals surface area contributed by atoms with E-state index in [-0.39, 0.29) is 31.4 Å². The molecule has 0 spiro atoms. The average Bonchev–Trinajstić information content (AvgIpc) is 2.67. The molecule has 1 unspecified atom stereocenters. The molecule has 1 N–H and O–H groups in total. The molecule has 1 atom stereocenters. The number of hydrogen-bond acceptors (Lipinski definition) is 4. The first-order chi connectivity index (χ1) is 7.92. The van der Waals surface area contributed by atoms with Crippen LogP contribution in [0.1, 0.15) is 6.42 Å². The van der Waals surface area contributed by atoms with Crippen molar-refractivity contribution in [2.75, 3.05) is 39.5 Å². The minimum Gasteiger partial charge on any atom is -0.395 e. The predicted octanol–water partition coefficient (Wildman–Crippen LogP) is 0.449. The second-order valence-corrected chi connectivity index (χ2v) is 4.08. The van der Waals surface area contributed by atoms with E-state index in [2.05, 4.69) is 0 Å². The summed E-state index contributed by atoms with van der Waals surface area (Å²) in [5.41, 5.74) is 0. The predicted molar refractivity (Wildman–Crippen MR) is 53.5 cm³/mol. The number of aliphatic hydroxyl groups is 1. The minimum atomic E-state index is -4.36. The van der Waals surface area contributed by atoms with E-state index in [4.69, 9.17) is 9.84 Å². The van der Waals surface area contributed by atoms with Gasteiger partial charge < -0.3 is 9.84 Å². The number of halogens is 3. The monoisotopic (exact) mass is 255 g/mol. The number of rotatable bonds is 6. The summed E-state index contributed by atoms with van der Waals surface area (Å²) >= 11 is 0. The van der Waals surface area contributed by atoms with Crippen LogP contribution in [0.15, 0.2) is 0 Å². The zero-order chi connectivity index (χ0) is 12.9. The number of alkyl halides is 3. The van der Waals surface area contributed by atoms with E-state index in [0.29, 0.717) is 13.0 Å². The lowest BCUT2D eigenvalue weighted by molar-refractivity contribution is -0.150. The van der Waals surface area contributed by atoms with Gasteiger partial charge in [-0.3, -0.25) is 9.69 Å². The number of Topliss-reactive ketones (excluding diaryl/α,β-unsaturated/α-hetero) is 1. The molecule has 0 bridgehead atoms. The third-order valence-electron chi connectivity index (χ3n) is 2.58. The van der Waals surface area contributed by atoms with Crippen LogP contribution in [-0.4, -0.2) is 61.4 Å². The van der Waals surface area contributed by atoms with Gasteiger partial charge in [0.1, 0.15) is 0 Å². The van der Waals surface area contributed by atoms with Gasteiger partial charge in [-0.05, 0) is 6.42 Å². The van der Waals surface area contributed by atoms with Gasteiger partial charge in [-0.25, -0.2) is 0 Å². The summed E-state index contributed by atoms with van der Waals surface area (Å²) in [4.78, 5) is 12.6. The SMILES string of the molecule is O=C(CN(CCO)CC(F)(F)F)C1CCOC1. The Bertz CT molecular complexity index is 252. The third-order valence-corrected chi connectivity index (χ3v) is 2.58. The summed E-state index contributed by atoms with van der Waals surface area (Å²) < 4.78 is 41.6. The molecule has 1 fully saturated rings. The molecule has 1 aliphatic rings. The number of hydrogen-bond donors (Lipinski definition) is 1. The molecule has 0 aliphatic carbocycles. The Kier molecular flexibility index (Phi) is 5.35. The van der Waals surface area contributed by atoms with Gasteiger partial charge >= 0.3 is 6.18 Å². The van der Waals surface area contributed by atoms with E-state index < -0.39 is 19.3 Å². The van der Waals surface area contributed by atoms with Gasteiger partial charge in [0, 0.05) is 19.1 Å². The summed E-state index contributed by atoms with van der Waals surface area (Å²) in [7, 11) is 0. The molecule has 17 heavy (non-hydrogen) atoms. The van der Waals surface area contributed by atoms with E-state index in [1.807, 2.05) is 0 Å². The molecule has 0 aromatic rings. The van der Waals surface area contributed by atoms with Crippen LogP contribution in [0, 0.1) is 5.92 Å². The first kappa shape index (κ1) is 14.4. The van der Waals surface area contributed by atoms with Crippen LogP contribution in [-0.2, 0) is 9.53 Å². The Morgan fingerprint density at radius 2 is 2.18 bits per heavy atom. The fourth-order valence-corrected chi connectivity index (χ4v) is 1.75. The van der Waals surface area contributed by atoms with Gasteiger partial charge in [-0.1, -0.05) is 0 Å². The first-order valence-electron chi connectivity index (χ1n) is 5.43.